The maximum absolute atomic E-state index is 12.1. The molecule has 3 rings (SSSR count). The summed E-state index contributed by atoms with van der Waals surface area (Å²) in [7, 11) is 0. The summed E-state index contributed by atoms with van der Waals surface area (Å²) in [5.74, 6) is -0.0447. The fourth-order valence-corrected chi connectivity index (χ4v) is 2.78. The first-order chi connectivity index (χ1) is 10.3. The fourth-order valence-electron chi connectivity index (χ4n) is 2.78. The van der Waals surface area contributed by atoms with Crippen LogP contribution in [0.4, 0.5) is 5.69 Å². The Morgan fingerprint density at radius 1 is 1.29 bits per heavy atom. The van der Waals surface area contributed by atoms with Gasteiger partial charge in [0.25, 0.3) is 5.91 Å². The van der Waals surface area contributed by atoms with Crippen molar-refractivity contribution < 1.29 is 4.79 Å². The second-order valence-electron chi connectivity index (χ2n) is 5.37. The third-order valence-corrected chi connectivity index (χ3v) is 3.96. The van der Waals surface area contributed by atoms with Crippen LogP contribution in [-0.4, -0.2) is 30.0 Å². The highest BCUT2D eigenvalue weighted by atomic mass is 16.1. The van der Waals surface area contributed by atoms with Gasteiger partial charge in [-0.2, -0.15) is 0 Å². The van der Waals surface area contributed by atoms with Crippen LogP contribution in [0.1, 0.15) is 22.8 Å². The smallest absolute Gasteiger partial charge is 0.251 e. The summed E-state index contributed by atoms with van der Waals surface area (Å²) in [5.41, 5.74) is 3.34. The van der Waals surface area contributed by atoms with Gasteiger partial charge < -0.3 is 10.2 Å². The van der Waals surface area contributed by atoms with Gasteiger partial charge >= 0.3 is 0 Å². The zero-order valence-corrected chi connectivity index (χ0v) is 12.1. The summed E-state index contributed by atoms with van der Waals surface area (Å²) < 4.78 is 0. The molecule has 1 amide bonds. The fraction of sp³-hybridized carbons (Fsp3) is 0.294. The number of hydrogen-bond donors (Lipinski definition) is 1. The Labute approximate surface area is 124 Å². The number of anilines is 1. The van der Waals surface area contributed by atoms with E-state index in [9.17, 15) is 4.79 Å². The van der Waals surface area contributed by atoms with E-state index in [1.807, 2.05) is 0 Å². The zero-order chi connectivity index (χ0) is 14.7. The van der Waals surface area contributed by atoms with Gasteiger partial charge in [-0.1, -0.05) is 18.2 Å². The molecule has 1 aromatic heterocycles. The average molecular weight is 281 g/mol. The molecular weight excluding hydrogens is 262 g/mol. The lowest BCUT2D eigenvalue weighted by Gasteiger charge is -2.27. The molecule has 1 aromatic carbocycles. The van der Waals surface area contributed by atoms with Crippen molar-refractivity contribution in [1.82, 2.24) is 10.3 Å². The highest BCUT2D eigenvalue weighted by Crippen LogP contribution is 2.28. The van der Waals surface area contributed by atoms with Crippen molar-refractivity contribution in [3.63, 3.8) is 0 Å². The van der Waals surface area contributed by atoms with E-state index in [1.165, 1.54) is 11.3 Å². The number of aromatic nitrogens is 1. The first-order valence-electron chi connectivity index (χ1n) is 7.28. The molecule has 0 spiro atoms. The predicted molar refractivity (Wildman–Crippen MR) is 83.5 cm³/mol. The zero-order valence-electron chi connectivity index (χ0n) is 12.1. The first kappa shape index (κ1) is 13.6. The van der Waals surface area contributed by atoms with E-state index in [0.29, 0.717) is 12.1 Å². The molecule has 4 nitrogen and oxygen atoms in total. The van der Waals surface area contributed by atoms with Gasteiger partial charge in [-0.15, -0.1) is 0 Å². The number of rotatable bonds is 4. The van der Waals surface area contributed by atoms with Crippen molar-refractivity contribution in [3.05, 3.63) is 59.9 Å². The van der Waals surface area contributed by atoms with Gasteiger partial charge in [0.15, 0.2) is 0 Å². The molecule has 21 heavy (non-hydrogen) atoms. The van der Waals surface area contributed by atoms with Crippen LogP contribution in [0.2, 0.25) is 0 Å². The van der Waals surface area contributed by atoms with Crippen LogP contribution in [0, 0.1) is 0 Å². The Bertz CT molecular complexity index is 627. The third-order valence-electron chi connectivity index (χ3n) is 3.96. The molecule has 4 heteroatoms. The lowest BCUT2D eigenvalue weighted by atomic mass is 10.1. The van der Waals surface area contributed by atoms with Crippen molar-refractivity contribution in [2.45, 2.75) is 19.4 Å². The standard InChI is InChI=1S/C17H19N3O/c1-13(12-19-17(21)15-6-9-18-10-7-15)20-11-8-14-4-2-3-5-16(14)20/h2-7,9-10,13H,8,11-12H2,1H3,(H,19,21)/t13-/m1/s1. The lowest BCUT2D eigenvalue weighted by molar-refractivity contribution is 0.0951. The molecule has 1 aliphatic rings. The second kappa shape index (κ2) is 5.95. The number of para-hydroxylation sites is 1. The maximum atomic E-state index is 12.1. The molecule has 1 N–H and O–H groups in total. The van der Waals surface area contributed by atoms with Crippen molar-refractivity contribution in [3.8, 4) is 0 Å². The van der Waals surface area contributed by atoms with Gasteiger partial charge in [0.05, 0.1) is 0 Å². The minimum Gasteiger partial charge on any atom is -0.366 e. The van der Waals surface area contributed by atoms with E-state index in [1.54, 1.807) is 24.5 Å². The molecule has 0 bridgehead atoms. The molecule has 1 aliphatic heterocycles. The number of hydrogen-bond acceptors (Lipinski definition) is 3. The molecule has 0 fully saturated rings. The highest BCUT2D eigenvalue weighted by molar-refractivity contribution is 5.94. The number of fused-ring (bicyclic) bond motifs is 1. The van der Waals surface area contributed by atoms with Gasteiger partial charge in [0, 0.05) is 42.8 Å². The van der Waals surface area contributed by atoms with Crippen LogP contribution >= 0.6 is 0 Å². The van der Waals surface area contributed by atoms with Crippen molar-refractivity contribution >= 4 is 11.6 Å². The molecule has 0 aliphatic carbocycles. The molecule has 2 aromatic rings. The Morgan fingerprint density at radius 2 is 2.05 bits per heavy atom. The normalized spacial score (nSPS) is 14.6. The Kier molecular flexibility index (Phi) is 3.86. The van der Waals surface area contributed by atoms with Crippen LogP contribution in [0.3, 0.4) is 0 Å². The molecule has 0 saturated carbocycles. The Hall–Kier alpha value is -2.36. The van der Waals surface area contributed by atoms with Gasteiger partial charge in [0.1, 0.15) is 0 Å². The topological polar surface area (TPSA) is 45.2 Å². The van der Waals surface area contributed by atoms with E-state index >= 15 is 0 Å². The quantitative estimate of drug-likeness (QED) is 0.935. The van der Waals surface area contributed by atoms with Crippen molar-refractivity contribution in [1.29, 1.82) is 0 Å². The van der Waals surface area contributed by atoms with E-state index in [-0.39, 0.29) is 11.9 Å². The van der Waals surface area contributed by atoms with Crippen molar-refractivity contribution in [2.24, 2.45) is 0 Å². The summed E-state index contributed by atoms with van der Waals surface area (Å²) in [5, 5.41) is 3.00. The number of pyridine rings is 1. The van der Waals surface area contributed by atoms with Crippen LogP contribution < -0.4 is 10.2 Å². The monoisotopic (exact) mass is 281 g/mol. The first-order valence-corrected chi connectivity index (χ1v) is 7.28. The molecule has 1 atom stereocenters. The van der Waals surface area contributed by atoms with E-state index < -0.39 is 0 Å². The summed E-state index contributed by atoms with van der Waals surface area (Å²) in [4.78, 5) is 18.3. The van der Waals surface area contributed by atoms with Gasteiger partial charge in [-0.25, -0.2) is 0 Å². The van der Waals surface area contributed by atoms with Gasteiger partial charge in [-0.05, 0) is 37.1 Å². The largest absolute Gasteiger partial charge is 0.366 e. The van der Waals surface area contributed by atoms with Crippen LogP contribution in [0.15, 0.2) is 48.8 Å². The second-order valence-corrected chi connectivity index (χ2v) is 5.37. The molecule has 0 radical (unpaired) electrons. The summed E-state index contributed by atoms with van der Waals surface area (Å²) in [6, 6.07) is 12.2. The van der Waals surface area contributed by atoms with E-state index in [0.717, 1.165) is 13.0 Å². The molecule has 2 heterocycles. The van der Waals surface area contributed by atoms with Gasteiger partial charge in [-0.3, -0.25) is 9.78 Å². The Balaban J connectivity index is 1.61. The van der Waals surface area contributed by atoms with Crippen LogP contribution in [-0.2, 0) is 6.42 Å². The number of nitrogens with zero attached hydrogens (tertiary/aromatic N) is 2. The number of benzene rings is 1. The van der Waals surface area contributed by atoms with Crippen molar-refractivity contribution in [2.75, 3.05) is 18.0 Å². The number of carbonyl (C=O) groups is 1. The van der Waals surface area contributed by atoms with Crippen LogP contribution in [0.25, 0.3) is 0 Å². The summed E-state index contributed by atoms with van der Waals surface area (Å²) in [6.07, 6.45) is 4.35. The average Bonchev–Trinajstić information content (AvgIpc) is 2.97. The number of amides is 1. The van der Waals surface area contributed by atoms with E-state index in [4.69, 9.17) is 0 Å². The molecule has 0 saturated heterocycles. The molecule has 0 unspecified atom stereocenters. The number of carbonyl (C=O) groups excluding carboxylic acids is 1. The SMILES string of the molecule is C[C@H](CNC(=O)c1ccncc1)N1CCc2ccccc21. The Morgan fingerprint density at radius 3 is 2.86 bits per heavy atom. The molecule has 108 valence electrons. The van der Waals surface area contributed by atoms with Gasteiger partial charge in [0.2, 0.25) is 0 Å². The maximum Gasteiger partial charge on any atom is 0.251 e. The predicted octanol–water partition coefficient (Wildman–Crippen LogP) is 2.26. The summed E-state index contributed by atoms with van der Waals surface area (Å²) >= 11 is 0. The summed E-state index contributed by atoms with van der Waals surface area (Å²) in [6.45, 7) is 3.80. The number of nitrogens with one attached hydrogen (secondary N) is 1. The van der Waals surface area contributed by atoms with E-state index in [2.05, 4.69) is 46.4 Å². The third kappa shape index (κ3) is 2.89. The van der Waals surface area contributed by atoms with Crippen LogP contribution in [0.5, 0.6) is 0 Å². The lowest BCUT2D eigenvalue weighted by Crippen LogP contribution is -2.41. The molecular formula is C17H19N3O. The minimum absolute atomic E-state index is 0.0447. The minimum atomic E-state index is -0.0447. The highest BCUT2D eigenvalue weighted by Gasteiger charge is 2.23.